The van der Waals surface area contributed by atoms with Crippen LogP contribution in [0, 0.1) is 11.8 Å². The molecule has 7 fully saturated rings. The molecule has 3 saturated heterocycles. The van der Waals surface area contributed by atoms with Gasteiger partial charge in [-0.3, -0.25) is 72.0 Å². The minimum absolute atomic E-state index is 0. The van der Waals surface area contributed by atoms with Crippen molar-refractivity contribution in [2.45, 2.75) is 190 Å². The molecule has 6 amide bonds. The zero-order valence-corrected chi connectivity index (χ0v) is 82.8. The van der Waals surface area contributed by atoms with Crippen LogP contribution >= 0.6 is 12.4 Å². The highest BCUT2D eigenvalue weighted by Gasteiger charge is 2.48. The number of amides is 6. The summed E-state index contributed by atoms with van der Waals surface area (Å²) in [5.74, 6) is 0.0443. The monoisotopic (exact) mass is 2020 g/mol. The Labute approximate surface area is 841 Å². The number of Topliss-reactive ketones (excluding diaryl/α,β-unsaturated/α-hetero) is 8. The molecule has 0 spiro atoms. The van der Waals surface area contributed by atoms with Gasteiger partial charge in [0, 0.05) is 136 Å². The number of para-hydroxylation sites is 1. The first kappa shape index (κ1) is 103. The van der Waals surface area contributed by atoms with Crippen molar-refractivity contribution in [1.82, 2.24) is 38.0 Å². The number of benzene rings is 9. The number of anilines is 1. The topological polar surface area (TPSA) is 394 Å². The van der Waals surface area contributed by atoms with E-state index in [0.29, 0.717) is 142 Å². The maximum Gasteiger partial charge on any atom is 0.266 e. The summed E-state index contributed by atoms with van der Waals surface area (Å²) in [4.78, 5) is 186. The molecule has 9 aromatic rings. The third-order valence-corrected chi connectivity index (χ3v) is 32.5. The number of halogens is 1. The lowest BCUT2D eigenvalue weighted by Gasteiger charge is -2.35. The molecule has 9 aromatic carbocycles. The van der Waals surface area contributed by atoms with Crippen LogP contribution in [0.2, 0.25) is 0 Å². The van der Waals surface area contributed by atoms with E-state index in [0.717, 1.165) is 94.1 Å². The summed E-state index contributed by atoms with van der Waals surface area (Å²) in [5.41, 5.74) is 10.0. The fourth-order valence-corrected chi connectivity index (χ4v) is 23.1. The number of sulfonamides is 2. The highest BCUT2D eigenvalue weighted by atomic mass is 35.5. The molecule has 4 atom stereocenters. The molecule has 0 aromatic heterocycles. The Bertz CT molecular complexity index is 6700. The number of ketones is 8. The molecule has 35 heteroatoms. The zero-order chi connectivity index (χ0) is 101. The fourth-order valence-electron chi connectivity index (χ4n) is 20.3. The molecule has 1 N–H and O–H groups in total. The summed E-state index contributed by atoms with van der Waals surface area (Å²) in [5, 5.41) is 9.11. The average Bonchev–Trinajstić information content (AvgIpc) is 1.59. The minimum atomic E-state index is -3.62. The van der Waals surface area contributed by atoms with Crippen molar-refractivity contribution >= 4 is 120 Å². The number of fused-ring (bicyclic) bond motifs is 4. The Morgan fingerprint density at radius 2 is 0.708 bits per heavy atom. The lowest BCUT2D eigenvalue weighted by Crippen LogP contribution is -2.48. The molecular formula is C109H114ClN9O23S2. The van der Waals surface area contributed by atoms with Gasteiger partial charge in [-0.15, -0.1) is 12.4 Å². The van der Waals surface area contributed by atoms with E-state index in [9.17, 15) is 84.0 Å². The number of piperazine rings is 2. The standard InChI is InChI=1S/C31H31N3O6S.C29H34N2O6S.C27H29N3O5.C22H19NO6.ClH/c35-24-11-14-28(29(36)19-24)34-20-27-26(31(34)37)7-4-8-30(27)40-21-22-9-12-25(13-10-22)41(38,39)33-17-15-32(16-18-33)23-5-2-1-3-6-23;1-19(2)21-12-14-30(15-13-21)38(35,36)23-9-6-20(7-10-23)18-37-28-5-3-4-24-25(28)17-31(29(24)34)26-11-8-22(32)16-27(26)33;1-28-11-13-29(14-12-28)26(33)19-7-5-18(6-8-19)17-35-25-4-2-3-21-22(25)16-30(27(21)34)23-10-9-20(31)15-24(23)32;24-11-13-4-6-14(7-5-13)12-29-19-3-1-2-16-20(19)22(28)23(21(16)27)17-9-8-15(25)10-18(17)26;/h1-10,12-13,28H,11,14-21H2;3-7,9-10,19,21,26H,8,11-18H2,1-2H3;2-8,23H,9-17H2,1H3;1-7,17,24H,8-12H2;1H. The number of hydrogen-bond donors (Lipinski definition) is 1. The van der Waals surface area contributed by atoms with Gasteiger partial charge >= 0.3 is 0 Å². The van der Waals surface area contributed by atoms with E-state index in [-0.39, 0.29) is 181 Å². The molecule has 752 valence electrons. The number of hydrogen-bond acceptors (Lipinski definition) is 25. The maximum atomic E-state index is 13.3. The van der Waals surface area contributed by atoms with Gasteiger partial charge in [0.1, 0.15) is 72.6 Å². The van der Waals surface area contributed by atoms with Gasteiger partial charge in [0.15, 0.2) is 23.1 Å². The number of likely N-dealkylation sites (N-methyl/N-ethyl adjacent to an activating group) is 1. The molecule has 11 aliphatic rings. The molecule has 4 unspecified atom stereocenters. The number of imide groups is 1. The summed E-state index contributed by atoms with van der Waals surface area (Å²) in [6.07, 6.45) is 3.57. The third kappa shape index (κ3) is 22.8. The normalized spacial score (nSPS) is 20.2. The summed E-state index contributed by atoms with van der Waals surface area (Å²) >= 11 is 0. The van der Waals surface area contributed by atoms with Crippen LogP contribution in [0.25, 0.3) is 0 Å². The second-order valence-corrected chi connectivity index (χ2v) is 42.0. The molecule has 0 bridgehead atoms. The molecule has 20 rings (SSSR count). The first-order valence-electron chi connectivity index (χ1n) is 48.6. The van der Waals surface area contributed by atoms with Crippen LogP contribution < -0.4 is 23.8 Å². The van der Waals surface area contributed by atoms with Crippen molar-refractivity contribution in [3.63, 3.8) is 0 Å². The summed E-state index contributed by atoms with van der Waals surface area (Å²) in [6.45, 7) is 12.4. The molecule has 144 heavy (non-hydrogen) atoms. The highest BCUT2D eigenvalue weighted by Crippen LogP contribution is 2.42. The second kappa shape index (κ2) is 45.1. The van der Waals surface area contributed by atoms with Crippen LogP contribution in [0.5, 0.6) is 23.0 Å². The average molecular weight is 2020 g/mol. The van der Waals surface area contributed by atoms with E-state index < -0.39 is 61.8 Å². The zero-order valence-electron chi connectivity index (χ0n) is 80.3. The van der Waals surface area contributed by atoms with Gasteiger partial charge in [-0.25, -0.2) is 16.8 Å². The molecule has 4 saturated carbocycles. The Morgan fingerprint density at radius 3 is 1.09 bits per heavy atom. The molecule has 7 aliphatic heterocycles. The highest BCUT2D eigenvalue weighted by molar-refractivity contribution is 7.89. The summed E-state index contributed by atoms with van der Waals surface area (Å²) in [7, 11) is -5.09. The SMILES string of the molecule is CC(C)C1CCN(S(=O)(=O)c2ccc(COc3cccc4c3CN(C3CCC(=O)CC3=O)C4=O)cc2)CC1.CN1CCN(C(=O)c2ccc(COc3cccc4c3CN(C3CCC(=O)CC3=O)C4=O)cc2)CC1.Cl.O=C1CCC(N2C(=O)c3cccc(OCc4ccc(CO)cc4)c3C2=O)C(=O)C1.O=C1CCC(N2Cc3c(OCc4ccc(S(=O)(=O)N5CCN(c6ccccc6)CC5)cc4)cccc3C2=O)C(=O)C1. The van der Waals surface area contributed by atoms with Gasteiger partial charge in [0.25, 0.3) is 35.4 Å². The van der Waals surface area contributed by atoms with E-state index in [1.54, 1.807) is 140 Å². The van der Waals surface area contributed by atoms with E-state index in [4.69, 9.17) is 24.1 Å². The van der Waals surface area contributed by atoms with Gasteiger partial charge in [-0.2, -0.15) is 8.61 Å². The van der Waals surface area contributed by atoms with Gasteiger partial charge in [0.2, 0.25) is 20.0 Å². The van der Waals surface area contributed by atoms with Gasteiger partial charge in [-0.05, 0) is 182 Å². The number of carbonyl (C=O) groups excluding carboxylic acids is 14. The van der Waals surface area contributed by atoms with Crippen LogP contribution in [-0.2, 0) is 111 Å². The summed E-state index contributed by atoms with van der Waals surface area (Å²) in [6, 6.07) is 56.1. The number of piperidine rings is 1. The van der Waals surface area contributed by atoms with Crippen LogP contribution in [0.15, 0.2) is 210 Å². The Balaban J connectivity index is 0.000000138. The van der Waals surface area contributed by atoms with Crippen molar-refractivity contribution in [3.05, 3.63) is 278 Å². The quantitative estimate of drug-likeness (QED) is 0.0433. The van der Waals surface area contributed by atoms with E-state index in [1.165, 1.54) is 10.4 Å². The lowest BCUT2D eigenvalue weighted by atomic mass is 9.87. The van der Waals surface area contributed by atoms with Crippen molar-refractivity contribution in [1.29, 1.82) is 0 Å². The van der Waals surface area contributed by atoms with Gasteiger partial charge in [0.05, 0.1) is 97.0 Å². The van der Waals surface area contributed by atoms with Gasteiger partial charge in [-0.1, -0.05) is 117 Å². The predicted molar refractivity (Wildman–Crippen MR) is 530 cm³/mol. The maximum absolute atomic E-state index is 13.3. The van der Waals surface area contributed by atoms with Crippen LogP contribution in [-0.4, -0.2) is 238 Å². The first-order valence-corrected chi connectivity index (χ1v) is 51.5. The lowest BCUT2D eigenvalue weighted by molar-refractivity contribution is -0.134. The van der Waals surface area contributed by atoms with Crippen molar-refractivity contribution in [2.75, 3.05) is 77.4 Å². The van der Waals surface area contributed by atoms with Gasteiger partial charge < -0.3 is 53.5 Å². The third-order valence-electron chi connectivity index (χ3n) is 28.7. The van der Waals surface area contributed by atoms with Crippen LogP contribution in [0.1, 0.15) is 210 Å². The van der Waals surface area contributed by atoms with Crippen LogP contribution in [0.4, 0.5) is 5.69 Å². The smallest absolute Gasteiger partial charge is 0.266 e. The molecule has 7 heterocycles. The van der Waals surface area contributed by atoms with Crippen molar-refractivity contribution in [2.24, 2.45) is 11.8 Å². The van der Waals surface area contributed by atoms with Crippen molar-refractivity contribution < 1.29 is 108 Å². The Kier molecular flexibility index (Phi) is 32.4. The van der Waals surface area contributed by atoms with E-state index in [2.05, 4.69) is 30.7 Å². The molecule has 4 aliphatic carbocycles. The number of aliphatic hydroxyl groups is 1. The fraction of sp³-hybridized carbons (Fsp3) is 0.376. The number of nitrogens with zero attached hydrogens (tertiary/aromatic N) is 9. The summed E-state index contributed by atoms with van der Waals surface area (Å²) < 4.78 is 79.9. The number of carbonyl (C=O) groups is 14. The van der Waals surface area contributed by atoms with E-state index in [1.807, 2.05) is 77.7 Å². The first-order chi connectivity index (χ1) is 68.8. The molecular weight excluding hydrogens is 1900 g/mol. The predicted octanol–water partition coefficient (Wildman–Crippen LogP) is 12.2. The molecule has 32 nitrogen and oxygen atoms in total. The van der Waals surface area contributed by atoms with Crippen molar-refractivity contribution in [3.8, 4) is 23.0 Å². The second-order valence-electron chi connectivity index (χ2n) is 38.2. The Morgan fingerprint density at radius 1 is 0.361 bits per heavy atom. The number of rotatable bonds is 24. The largest absolute Gasteiger partial charge is 0.489 e. The Hall–Kier alpha value is -13.6. The van der Waals surface area contributed by atoms with E-state index >= 15 is 0 Å². The van der Waals surface area contributed by atoms with Crippen LogP contribution in [0.3, 0.4) is 0 Å². The number of aliphatic hydroxyl groups excluding tert-OH is 1. The number of ether oxygens (including phenoxy) is 4. The minimum Gasteiger partial charge on any atom is -0.489 e. The molecule has 0 radical (unpaired) electrons.